The van der Waals surface area contributed by atoms with E-state index in [2.05, 4.69) is 48.5 Å². The molecule has 2 unspecified atom stereocenters. The third-order valence-electron chi connectivity index (χ3n) is 18.6. The topological polar surface area (TPSA) is 237 Å². The van der Waals surface area contributed by atoms with E-state index in [1.807, 2.05) is 0 Å². The Kier molecular flexibility index (Phi) is 69.0. The van der Waals surface area contributed by atoms with Crippen LogP contribution in [0.4, 0.5) is 0 Å². The molecule has 0 rings (SSSR count). The minimum atomic E-state index is -4.96. The molecule has 0 heterocycles. The second kappa shape index (κ2) is 70.4. The number of carbonyl (C=O) groups excluding carboxylic acids is 4. The number of ether oxygens (including phenoxy) is 4. The summed E-state index contributed by atoms with van der Waals surface area (Å²) in [5.41, 5.74) is 0. The van der Waals surface area contributed by atoms with E-state index in [9.17, 15) is 43.2 Å². The number of hydrogen-bond donors (Lipinski definition) is 3. The Labute approximate surface area is 607 Å². The van der Waals surface area contributed by atoms with E-state index in [0.29, 0.717) is 25.7 Å². The fourth-order valence-electron chi connectivity index (χ4n) is 12.3. The molecular weight excluding hydrogens is 1290 g/mol. The van der Waals surface area contributed by atoms with Gasteiger partial charge in [-0.1, -0.05) is 363 Å². The standard InChI is InChI=1S/C80H156O17P2/c1-8-9-10-11-12-13-25-32-40-47-54-61-77(82)90-68-76(97-80(85)64-57-50-43-36-35-39-46-53-60-73(6)7)70-95-99(88,89)93-66-74(81)65-92-98(86,87)94-69-75(67-91-78(83)62-55-48-41-33-28-24-20-22-27-31-38-45-52-59-72(4)5)96-79(84)63-56-49-42-34-29-23-19-17-15-14-16-18-21-26-30-37-44-51-58-71(2)3/h71-76,81H,8-70H2,1-7H3,(H,86,87)(H,88,89)/t74-,75-,76-/m1/s1. The van der Waals surface area contributed by atoms with Gasteiger partial charge < -0.3 is 33.8 Å². The number of aliphatic hydroxyl groups excluding tert-OH is 1. The van der Waals surface area contributed by atoms with Gasteiger partial charge >= 0.3 is 39.5 Å². The first-order valence-electron chi connectivity index (χ1n) is 41.3. The summed E-state index contributed by atoms with van der Waals surface area (Å²) in [6.07, 6.45) is 58.3. The average molecular weight is 1450 g/mol. The number of unbranched alkanes of at least 4 members (excludes halogenated alkanes) is 46. The third kappa shape index (κ3) is 74.1. The molecule has 17 nitrogen and oxygen atoms in total. The van der Waals surface area contributed by atoms with Gasteiger partial charge in [0.2, 0.25) is 0 Å². The SMILES string of the molecule is CCCCCCCCCCCCCC(=O)OC[C@H](COP(=O)(O)OC[C@H](O)COP(=O)(O)OC[C@@H](COC(=O)CCCCCCCCCCCCCCCC(C)C)OC(=O)CCCCCCCCCCCCCCCCCCCCC(C)C)OC(=O)CCCCCCCCCCC(C)C. The maximum atomic E-state index is 13.1. The number of esters is 4. The van der Waals surface area contributed by atoms with Crippen LogP contribution in [0.25, 0.3) is 0 Å². The first-order chi connectivity index (χ1) is 47.7. The molecule has 0 aromatic rings. The van der Waals surface area contributed by atoms with Gasteiger partial charge in [-0.25, -0.2) is 9.13 Å². The highest BCUT2D eigenvalue weighted by atomic mass is 31.2. The first kappa shape index (κ1) is 97.1. The lowest BCUT2D eigenvalue weighted by molar-refractivity contribution is -0.161. The smallest absolute Gasteiger partial charge is 0.462 e. The van der Waals surface area contributed by atoms with Gasteiger partial charge in [-0.3, -0.25) is 37.3 Å². The molecule has 19 heteroatoms. The highest BCUT2D eigenvalue weighted by molar-refractivity contribution is 7.47. The summed E-state index contributed by atoms with van der Waals surface area (Å²) >= 11 is 0. The van der Waals surface area contributed by atoms with Crippen LogP contribution in [0.15, 0.2) is 0 Å². The quantitative estimate of drug-likeness (QED) is 0.0222. The summed E-state index contributed by atoms with van der Waals surface area (Å²) in [5.74, 6) is 0.216. The summed E-state index contributed by atoms with van der Waals surface area (Å²) in [4.78, 5) is 72.9. The normalized spacial score (nSPS) is 14.0. The maximum Gasteiger partial charge on any atom is 0.472 e. The zero-order chi connectivity index (χ0) is 73.0. The van der Waals surface area contributed by atoms with Crippen LogP contribution in [-0.2, 0) is 65.4 Å². The van der Waals surface area contributed by atoms with Crippen molar-refractivity contribution in [2.45, 2.75) is 433 Å². The van der Waals surface area contributed by atoms with E-state index in [1.54, 1.807) is 0 Å². The Balaban J connectivity index is 5.22. The van der Waals surface area contributed by atoms with E-state index in [4.69, 9.17) is 37.0 Å². The minimum absolute atomic E-state index is 0.105. The van der Waals surface area contributed by atoms with Crippen molar-refractivity contribution < 1.29 is 80.2 Å². The fraction of sp³-hybridized carbons (Fsp3) is 0.950. The van der Waals surface area contributed by atoms with Gasteiger partial charge in [0.1, 0.15) is 19.3 Å². The molecule has 0 saturated heterocycles. The van der Waals surface area contributed by atoms with Crippen molar-refractivity contribution in [1.29, 1.82) is 0 Å². The molecule has 99 heavy (non-hydrogen) atoms. The molecule has 0 aliphatic carbocycles. The minimum Gasteiger partial charge on any atom is -0.462 e. The lowest BCUT2D eigenvalue weighted by Crippen LogP contribution is -2.30. The van der Waals surface area contributed by atoms with Gasteiger partial charge in [-0.05, 0) is 43.4 Å². The summed E-state index contributed by atoms with van der Waals surface area (Å²) < 4.78 is 68.6. The molecule has 588 valence electrons. The predicted octanol–water partition coefficient (Wildman–Crippen LogP) is 23.7. The zero-order valence-corrected chi connectivity index (χ0v) is 66.8. The van der Waals surface area contributed by atoms with Crippen LogP contribution in [0.2, 0.25) is 0 Å². The highest BCUT2D eigenvalue weighted by Gasteiger charge is 2.30. The lowest BCUT2D eigenvalue weighted by atomic mass is 10.0. The van der Waals surface area contributed by atoms with Crippen LogP contribution < -0.4 is 0 Å². The Morgan fingerprint density at radius 2 is 0.465 bits per heavy atom. The molecule has 0 aliphatic heterocycles. The van der Waals surface area contributed by atoms with Crippen LogP contribution in [0, 0.1) is 17.8 Å². The summed E-state index contributed by atoms with van der Waals surface area (Å²) in [5, 5.41) is 10.6. The van der Waals surface area contributed by atoms with Gasteiger partial charge in [0.25, 0.3) is 0 Å². The van der Waals surface area contributed by atoms with Gasteiger partial charge in [0, 0.05) is 25.7 Å². The summed E-state index contributed by atoms with van der Waals surface area (Å²) in [6.45, 7) is 11.9. The monoisotopic (exact) mass is 1450 g/mol. The Bertz CT molecular complexity index is 1920. The number of carbonyl (C=O) groups is 4. The van der Waals surface area contributed by atoms with Crippen molar-refractivity contribution in [3.8, 4) is 0 Å². The molecule has 0 aromatic carbocycles. The molecule has 0 fully saturated rings. The number of phosphoric ester groups is 2. The molecule has 3 N–H and O–H groups in total. The van der Waals surface area contributed by atoms with Crippen molar-refractivity contribution in [3.05, 3.63) is 0 Å². The third-order valence-corrected chi connectivity index (χ3v) is 20.5. The van der Waals surface area contributed by atoms with Gasteiger partial charge in [-0.2, -0.15) is 0 Å². The van der Waals surface area contributed by atoms with E-state index in [1.165, 1.54) is 225 Å². The molecule has 0 bridgehead atoms. The number of phosphoric acid groups is 2. The van der Waals surface area contributed by atoms with Crippen molar-refractivity contribution in [1.82, 2.24) is 0 Å². The molecule has 0 aliphatic rings. The fourth-order valence-corrected chi connectivity index (χ4v) is 13.9. The van der Waals surface area contributed by atoms with Crippen LogP contribution >= 0.6 is 15.6 Å². The Morgan fingerprint density at radius 1 is 0.273 bits per heavy atom. The van der Waals surface area contributed by atoms with Crippen LogP contribution in [0.3, 0.4) is 0 Å². The van der Waals surface area contributed by atoms with Crippen molar-refractivity contribution >= 4 is 39.5 Å². The molecule has 0 saturated carbocycles. The molecule has 5 atom stereocenters. The van der Waals surface area contributed by atoms with Crippen molar-refractivity contribution in [3.63, 3.8) is 0 Å². The average Bonchev–Trinajstić information content (AvgIpc) is 0.982. The van der Waals surface area contributed by atoms with E-state index in [0.717, 1.165) is 108 Å². The van der Waals surface area contributed by atoms with E-state index >= 15 is 0 Å². The number of rotatable bonds is 78. The zero-order valence-electron chi connectivity index (χ0n) is 65.0. The molecule has 0 spiro atoms. The molecule has 0 aromatic heterocycles. The number of aliphatic hydroxyl groups is 1. The second-order valence-electron chi connectivity index (χ2n) is 30.2. The van der Waals surface area contributed by atoms with Gasteiger partial charge in [-0.15, -0.1) is 0 Å². The predicted molar refractivity (Wildman–Crippen MR) is 405 cm³/mol. The molecule has 0 amide bonds. The van der Waals surface area contributed by atoms with Crippen molar-refractivity contribution in [2.75, 3.05) is 39.6 Å². The van der Waals surface area contributed by atoms with E-state index in [-0.39, 0.29) is 25.7 Å². The van der Waals surface area contributed by atoms with Crippen LogP contribution in [0.1, 0.15) is 414 Å². The Hall–Kier alpha value is -1.94. The van der Waals surface area contributed by atoms with Crippen molar-refractivity contribution in [2.24, 2.45) is 17.8 Å². The first-order valence-corrected chi connectivity index (χ1v) is 44.3. The van der Waals surface area contributed by atoms with E-state index < -0.39 is 97.5 Å². The number of hydrogen-bond acceptors (Lipinski definition) is 15. The lowest BCUT2D eigenvalue weighted by Gasteiger charge is -2.21. The largest absolute Gasteiger partial charge is 0.472 e. The van der Waals surface area contributed by atoms with Gasteiger partial charge in [0.05, 0.1) is 26.4 Å². The van der Waals surface area contributed by atoms with Crippen LogP contribution in [-0.4, -0.2) is 96.7 Å². The molecule has 0 radical (unpaired) electrons. The molecular formula is C80H156O17P2. The second-order valence-corrected chi connectivity index (χ2v) is 33.1. The summed E-state index contributed by atoms with van der Waals surface area (Å²) in [6, 6.07) is 0. The highest BCUT2D eigenvalue weighted by Crippen LogP contribution is 2.45. The van der Waals surface area contributed by atoms with Crippen LogP contribution in [0.5, 0.6) is 0 Å². The van der Waals surface area contributed by atoms with Gasteiger partial charge in [0.15, 0.2) is 12.2 Å². The maximum absolute atomic E-state index is 13.1. The Morgan fingerprint density at radius 3 is 0.687 bits per heavy atom. The summed E-state index contributed by atoms with van der Waals surface area (Å²) in [7, 11) is -9.92.